The van der Waals surface area contributed by atoms with Crippen LogP contribution in [0, 0.1) is 11.3 Å². The monoisotopic (exact) mass is 311 g/mol. The summed E-state index contributed by atoms with van der Waals surface area (Å²) >= 11 is 0. The molecule has 0 spiro atoms. The minimum Gasteiger partial charge on any atom is -0.505 e. The van der Waals surface area contributed by atoms with Crippen LogP contribution in [0.15, 0.2) is 40.9 Å². The summed E-state index contributed by atoms with van der Waals surface area (Å²) < 4.78 is 11.4. The van der Waals surface area contributed by atoms with Crippen molar-refractivity contribution in [2.45, 2.75) is 19.4 Å². The minimum atomic E-state index is -1.00. The zero-order chi connectivity index (χ0) is 16.6. The van der Waals surface area contributed by atoms with Crippen LogP contribution in [0.25, 0.3) is 5.76 Å². The lowest BCUT2D eigenvalue weighted by Gasteiger charge is -2.33. The second-order valence-corrected chi connectivity index (χ2v) is 5.47. The molecule has 116 valence electrons. The fourth-order valence-corrected chi connectivity index (χ4v) is 2.19. The molecule has 2 aromatic rings. The number of aliphatic hydroxyl groups excluding tert-OH is 1. The SMILES string of the molecule is CC1(C)Oc2ccc(C#N)cc2C(Oc2ccc(=O)[nH]n2)=C1O. The van der Waals surface area contributed by atoms with Crippen molar-refractivity contribution in [3.05, 3.63) is 57.6 Å². The molecule has 0 fully saturated rings. The summed E-state index contributed by atoms with van der Waals surface area (Å²) in [6.45, 7) is 3.38. The zero-order valence-electron chi connectivity index (χ0n) is 12.5. The van der Waals surface area contributed by atoms with Gasteiger partial charge in [0, 0.05) is 12.1 Å². The molecule has 0 amide bonds. The third-order valence-electron chi connectivity index (χ3n) is 3.36. The van der Waals surface area contributed by atoms with Gasteiger partial charge in [-0.1, -0.05) is 0 Å². The quantitative estimate of drug-likeness (QED) is 0.879. The lowest BCUT2D eigenvalue weighted by molar-refractivity contribution is 0.0865. The first-order valence-electron chi connectivity index (χ1n) is 6.81. The molecular weight excluding hydrogens is 298 g/mol. The molecule has 2 N–H and O–H groups in total. The standard InChI is InChI=1S/C16H13N3O4/c1-16(2)15(21)14(22-13-6-5-12(20)18-19-13)10-7-9(8-17)3-4-11(10)23-16/h3-7,21H,1-2H3,(H,18,20). The Morgan fingerprint density at radius 1 is 1.35 bits per heavy atom. The molecule has 0 bridgehead atoms. The van der Waals surface area contributed by atoms with Gasteiger partial charge in [0.2, 0.25) is 5.88 Å². The number of aromatic amines is 1. The van der Waals surface area contributed by atoms with E-state index in [0.717, 1.165) is 0 Å². The van der Waals surface area contributed by atoms with Crippen LogP contribution in [-0.4, -0.2) is 20.9 Å². The predicted octanol–water partition coefficient (Wildman–Crippen LogP) is 2.12. The van der Waals surface area contributed by atoms with E-state index in [1.165, 1.54) is 12.1 Å². The van der Waals surface area contributed by atoms with Crippen molar-refractivity contribution in [1.82, 2.24) is 10.2 Å². The first-order valence-corrected chi connectivity index (χ1v) is 6.81. The molecule has 0 aliphatic carbocycles. The molecule has 7 nitrogen and oxygen atoms in total. The van der Waals surface area contributed by atoms with Crippen LogP contribution in [0.1, 0.15) is 25.0 Å². The second-order valence-electron chi connectivity index (χ2n) is 5.47. The number of H-pyrrole nitrogens is 1. The molecule has 7 heteroatoms. The normalized spacial score (nSPS) is 15.3. The van der Waals surface area contributed by atoms with Gasteiger partial charge in [-0.25, -0.2) is 5.10 Å². The molecular formula is C16H13N3O4. The Kier molecular flexibility index (Phi) is 3.30. The van der Waals surface area contributed by atoms with Crippen molar-refractivity contribution in [3.8, 4) is 17.7 Å². The number of aliphatic hydroxyl groups is 1. The highest BCUT2D eigenvalue weighted by Crippen LogP contribution is 2.40. The molecule has 0 saturated carbocycles. The highest BCUT2D eigenvalue weighted by Gasteiger charge is 2.37. The summed E-state index contributed by atoms with van der Waals surface area (Å²) in [4.78, 5) is 11.1. The van der Waals surface area contributed by atoms with E-state index < -0.39 is 5.60 Å². The number of ether oxygens (including phenoxy) is 2. The second kappa shape index (κ2) is 5.18. The fourth-order valence-electron chi connectivity index (χ4n) is 2.19. The maximum absolute atomic E-state index is 11.1. The molecule has 2 heterocycles. The number of nitrogens with one attached hydrogen (secondary N) is 1. The molecule has 23 heavy (non-hydrogen) atoms. The number of aromatic nitrogens is 2. The van der Waals surface area contributed by atoms with E-state index in [1.54, 1.807) is 32.0 Å². The van der Waals surface area contributed by atoms with Gasteiger partial charge in [-0.2, -0.15) is 5.26 Å². The van der Waals surface area contributed by atoms with Crippen LogP contribution in [-0.2, 0) is 0 Å². The van der Waals surface area contributed by atoms with E-state index in [9.17, 15) is 9.90 Å². The number of hydrogen-bond acceptors (Lipinski definition) is 6. The van der Waals surface area contributed by atoms with E-state index >= 15 is 0 Å². The topological polar surface area (TPSA) is 108 Å². The number of rotatable bonds is 2. The smallest absolute Gasteiger partial charge is 0.264 e. The molecule has 0 atom stereocenters. The van der Waals surface area contributed by atoms with Crippen molar-refractivity contribution in [2.24, 2.45) is 0 Å². The van der Waals surface area contributed by atoms with Crippen molar-refractivity contribution in [2.75, 3.05) is 0 Å². The van der Waals surface area contributed by atoms with E-state index in [2.05, 4.69) is 10.2 Å². The number of hydrogen-bond donors (Lipinski definition) is 2. The number of nitriles is 1. The lowest BCUT2D eigenvalue weighted by atomic mass is 9.97. The van der Waals surface area contributed by atoms with E-state index in [4.69, 9.17) is 14.7 Å². The van der Waals surface area contributed by atoms with Gasteiger partial charge in [-0.15, -0.1) is 5.10 Å². The Morgan fingerprint density at radius 3 is 2.78 bits per heavy atom. The number of nitrogens with zero attached hydrogens (tertiary/aromatic N) is 2. The van der Waals surface area contributed by atoms with Gasteiger partial charge in [-0.3, -0.25) is 4.79 Å². The van der Waals surface area contributed by atoms with Gasteiger partial charge in [-0.05, 0) is 32.0 Å². The van der Waals surface area contributed by atoms with Crippen LogP contribution in [0.4, 0.5) is 0 Å². The van der Waals surface area contributed by atoms with Gasteiger partial charge in [0.15, 0.2) is 17.1 Å². The molecule has 1 aliphatic heterocycles. The average molecular weight is 311 g/mol. The molecule has 1 aliphatic rings. The first kappa shape index (κ1) is 14.7. The first-order chi connectivity index (χ1) is 10.9. The van der Waals surface area contributed by atoms with E-state index in [0.29, 0.717) is 16.9 Å². The van der Waals surface area contributed by atoms with Crippen LogP contribution in [0.5, 0.6) is 11.6 Å². The molecule has 0 saturated heterocycles. The van der Waals surface area contributed by atoms with Gasteiger partial charge >= 0.3 is 0 Å². The van der Waals surface area contributed by atoms with E-state index in [-0.39, 0.29) is 23.0 Å². The summed E-state index contributed by atoms with van der Waals surface area (Å²) in [6.07, 6.45) is 0. The Hall–Kier alpha value is -3.27. The summed E-state index contributed by atoms with van der Waals surface area (Å²) in [5.41, 5.74) is -0.530. The highest BCUT2D eigenvalue weighted by atomic mass is 16.5. The van der Waals surface area contributed by atoms with Gasteiger partial charge < -0.3 is 14.6 Å². The Bertz CT molecular complexity index is 886. The molecule has 1 aromatic heterocycles. The van der Waals surface area contributed by atoms with Crippen LogP contribution >= 0.6 is 0 Å². The van der Waals surface area contributed by atoms with Gasteiger partial charge in [0.05, 0.1) is 17.2 Å². The minimum absolute atomic E-state index is 0.108. The Labute approximate surface area is 131 Å². The molecule has 0 radical (unpaired) electrons. The predicted molar refractivity (Wildman–Crippen MR) is 80.9 cm³/mol. The van der Waals surface area contributed by atoms with Crippen LogP contribution < -0.4 is 15.0 Å². The van der Waals surface area contributed by atoms with Crippen LogP contribution in [0.3, 0.4) is 0 Å². The van der Waals surface area contributed by atoms with Crippen molar-refractivity contribution < 1.29 is 14.6 Å². The largest absolute Gasteiger partial charge is 0.505 e. The van der Waals surface area contributed by atoms with Gasteiger partial charge in [0.25, 0.3) is 5.56 Å². The summed E-state index contributed by atoms with van der Waals surface area (Å²) in [5, 5.41) is 25.5. The van der Waals surface area contributed by atoms with Crippen molar-refractivity contribution >= 4 is 5.76 Å². The fraction of sp³-hybridized carbons (Fsp3) is 0.188. The van der Waals surface area contributed by atoms with Crippen molar-refractivity contribution in [1.29, 1.82) is 5.26 Å². The van der Waals surface area contributed by atoms with Crippen molar-refractivity contribution in [3.63, 3.8) is 0 Å². The average Bonchev–Trinajstić information content (AvgIpc) is 2.53. The summed E-state index contributed by atoms with van der Waals surface area (Å²) in [5.74, 6) is 0.587. The van der Waals surface area contributed by atoms with E-state index in [1.807, 2.05) is 6.07 Å². The summed E-state index contributed by atoms with van der Waals surface area (Å²) in [6, 6.07) is 9.49. The molecule has 0 unspecified atom stereocenters. The maximum Gasteiger partial charge on any atom is 0.264 e. The summed E-state index contributed by atoms with van der Waals surface area (Å²) in [7, 11) is 0. The molecule has 3 rings (SSSR count). The third kappa shape index (κ3) is 2.62. The number of fused-ring (bicyclic) bond motifs is 1. The molecule has 1 aromatic carbocycles. The highest BCUT2D eigenvalue weighted by molar-refractivity contribution is 5.73. The maximum atomic E-state index is 11.1. The van der Waals surface area contributed by atoms with Crippen LogP contribution in [0.2, 0.25) is 0 Å². The lowest BCUT2D eigenvalue weighted by Crippen LogP contribution is -2.35. The zero-order valence-corrected chi connectivity index (χ0v) is 12.5. The van der Waals surface area contributed by atoms with Gasteiger partial charge in [0.1, 0.15) is 5.75 Å². The number of benzene rings is 1. The Morgan fingerprint density at radius 2 is 2.13 bits per heavy atom. The Balaban J connectivity index is 2.13. The third-order valence-corrected chi connectivity index (χ3v) is 3.36.